The molecular formula is C25H23N5O. The highest BCUT2D eigenvalue weighted by Gasteiger charge is 2.29. The number of pyridine rings is 1. The molecule has 3 heterocycles. The summed E-state index contributed by atoms with van der Waals surface area (Å²) in [7, 11) is 0. The van der Waals surface area contributed by atoms with Crippen molar-refractivity contribution in [3.05, 3.63) is 84.7 Å². The van der Waals surface area contributed by atoms with Crippen LogP contribution < -0.4 is 4.90 Å². The van der Waals surface area contributed by atoms with Gasteiger partial charge in [0.25, 0.3) is 5.91 Å². The third-order valence-electron chi connectivity index (χ3n) is 5.82. The first-order chi connectivity index (χ1) is 15.2. The SMILES string of the molecule is C[C@@H]1CN(C(=O)c2ccccc2)CCN1c1nnc(-c2ccccc2)c2ccncc12. The third-order valence-corrected chi connectivity index (χ3v) is 5.82. The zero-order chi connectivity index (χ0) is 21.2. The number of nitrogens with zero attached hydrogens (tertiary/aromatic N) is 5. The first kappa shape index (κ1) is 19.2. The average Bonchev–Trinajstić information content (AvgIpc) is 2.84. The highest BCUT2D eigenvalue weighted by Crippen LogP contribution is 2.32. The summed E-state index contributed by atoms with van der Waals surface area (Å²) in [6.45, 7) is 4.10. The second kappa shape index (κ2) is 8.14. The fourth-order valence-electron chi connectivity index (χ4n) is 4.23. The number of hydrogen-bond acceptors (Lipinski definition) is 5. The molecule has 6 nitrogen and oxygen atoms in total. The normalized spacial score (nSPS) is 16.5. The Morgan fingerprint density at radius 3 is 2.39 bits per heavy atom. The van der Waals surface area contributed by atoms with Crippen LogP contribution in [0.2, 0.25) is 0 Å². The van der Waals surface area contributed by atoms with E-state index in [0.29, 0.717) is 19.6 Å². The van der Waals surface area contributed by atoms with Crippen molar-refractivity contribution >= 4 is 22.5 Å². The lowest BCUT2D eigenvalue weighted by Gasteiger charge is -2.40. The van der Waals surface area contributed by atoms with Gasteiger partial charge in [-0.15, -0.1) is 10.2 Å². The van der Waals surface area contributed by atoms with E-state index in [0.717, 1.165) is 33.4 Å². The Morgan fingerprint density at radius 1 is 0.903 bits per heavy atom. The van der Waals surface area contributed by atoms with Crippen molar-refractivity contribution in [3.63, 3.8) is 0 Å². The number of fused-ring (bicyclic) bond motifs is 1. The molecule has 1 fully saturated rings. The molecule has 1 aliphatic rings. The fraction of sp³-hybridized carbons (Fsp3) is 0.200. The van der Waals surface area contributed by atoms with Crippen molar-refractivity contribution in [3.8, 4) is 11.3 Å². The van der Waals surface area contributed by atoms with Crippen LogP contribution in [0.1, 0.15) is 17.3 Å². The van der Waals surface area contributed by atoms with Gasteiger partial charge in [-0.25, -0.2) is 0 Å². The van der Waals surface area contributed by atoms with Crippen LogP contribution in [0.4, 0.5) is 5.82 Å². The number of carbonyl (C=O) groups excluding carboxylic acids is 1. The summed E-state index contributed by atoms with van der Waals surface area (Å²) in [6.07, 6.45) is 3.65. The molecule has 4 aromatic rings. The van der Waals surface area contributed by atoms with Gasteiger partial charge in [0.15, 0.2) is 5.82 Å². The van der Waals surface area contributed by atoms with Crippen LogP contribution >= 0.6 is 0 Å². The Balaban J connectivity index is 1.45. The molecule has 0 N–H and O–H groups in total. The Labute approximate surface area is 181 Å². The van der Waals surface area contributed by atoms with Crippen molar-refractivity contribution in [1.82, 2.24) is 20.1 Å². The number of carbonyl (C=O) groups is 1. The van der Waals surface area contributed by atoms with Gasteiger partial charge in [0.2, 0.25) is 0 Å². The molecule has 154 valence electrons. The van der Waals surface area contributed by atoms with Crippen LogP contribution in [-0.4, -0.2) is 51.7 Å². The molecule has 0 bridgehead atoms. The lowest BCUT2D eigenvalue weighted by Crippen LogP contribution is -2.54. The average molecular weight is 409 g/mol. The van der Waals surface area contributed by atoms with E-state index in [1.54, 1.807) is 6.20 Å². The topological polar surface area (TPSA) is 62.2 Å². The molecule has 5 rings (SSSR count). The number of piperazine rings is 1. The van der Waals surface area contributed by atoms with E-state index in [9.17, 15) is 4.79 Å². The summed E-state index contributed by atoms with van der Waals surface area (Å²) in [4.78, 5) is 21.4. The summed E-state index contributed by atoms with van der Waals surface area (Å²) in [5.41, 5.74) is 2.61. The number of amides is 1. The molecule has 31 heavy (non-hydrogen) atoms. The standard InChI is InChI=1S/C25H23N5O/c1-18-17-29(25(31)20-10-6-3-7-11-20)14-15-30(18)24-22-16-26-13-12-21(22)23(27-28-24)19-8-4-2-5-9-19/h2-13,16,18H,14-15,17H2,1H3/t18-/m1/s1. The molecule has 0 aliphatic carbocycles. The molecule has 2 aromatic carbocycles. The molecule has 1 aliphatic heterocycles. The van der Waals surface area contributed by atoms with Crippen molar-refractivity contribution in [1.29, 1.82) is 0 Å². The Hall–Kier alpha value is -3.80. The molecule has 1 saturated heterocycles. The minimum Gasteiger partial charge on any atom is -0.348 e. The van der Waals surface area contributed by atoms with Gasteiger partial charge in [-0.2, -0.15) is 0 Å². The molecule has 6 heteroatoms. The van der Waals surface area contributed by atoms with E-state index in [2.05, 4.69) is 27.0 Å². The van der Waals surface area contributed by atoms with Crippen LogP contribution in [0.3, 0.4) is 0 Å². The number of benzene rings is 2. The lowest BCUT2D eigenvalue weighted by atomic mass is 10.1. The van der Waals surface area contributed by atoms with E-state index < -0.39 is 0 Å². The number of hydrogen-bond donors (Lipinski definition) is 0. The molecule has 0 unspecified atom stereocenters. The van der Waals surface area contributed by atoms with Crippen LogP contribution in [0.5, 0.6) is 0 Å². The van der Waals surface area contributed by atoms with Crippen molar-refractivity contribution in [2.45, 2.75) is 13.0 Å². The summed E-state index contributed by atoms with van der Waals surface area (Å²) in [6, 6.07) is 21.6. The maximum absolute atomic E-state index is 12.9. The highest BCUT2D eigenvalue weighted by atomic mass is 16.2. The van der Waals surface area contributed by atoms with Gasteiger partial charge in [0.1, 0.15) is 5.69 Å². The first-order valence-electron chi connectivity index (χ1n) is 10.5. The molecule has 1 amide bonds. The molecule has 0 radical (unpaired) electrons. The van der Waals surface area contributed by atoms with E-state index in [4.69, 9.17) is 0 Å². The first-order valence-corrected chi connectivity index (χ1v) is 10.5. The number of rotatable bonds is 3. The van der Waals surface area contributed by atoms with Gasteiger partial charge in [0, 0.05) is 60.0 Å². The largest absolute Gasteiger partial charge is 0.348 e. The predicted octanol–water partition coefficient (Wildman–Crippen LogP) is 4.04. The van der Waals surface area contributed by atoms with Gasteiger partial charge in [-0.05, 0) is 25.1 Å². The summed E-state index contributed by atoms with van der Waals surface area (Å²) < 4.78 is 0. The van der Waals surface area contributed by atoms with E-state index in [-0.39, 0.29) is 11.9 Å². The maximum atomic E-state index is 12.9. The number of anilines is 1. The van der Waals surface area contributed by atoms with Gasteiger partial charge in [-0.3, -0.25) is 9.78 Å². The zero-order valence-corrected chi connectivity index (χ0v) is 17.3. The molecular weight excluding hydrogens is 386 g/mol. The number of aromatic nitrogens is 3. The minimum atomic E-state index is 0.0733. The van der Waals surface area contributed by atoms with E-state index in [1.165, 1.54) is 0 Å². The summed E-state index contributed by atoms with van der Waals surface area (Å²) in [5, 5.41) is 11.2. The van der Waals surface area contributed by atoms with Gasteiger partial charge in [0.05, 0.1) is 0 Å². The second-order valence-corrected chi connectivity index (χ2v) is 7.82. The third kappa shape index (κ3) is 3.61. The molecule has 2 aromatic heterocycles. The summed E-state index contributed by atoms with van der Waals surface area (Å²) >= 11 is 0. The van der Waals surface area contributed by atoms with Crippen LogP contribution in [0.15, 0.2) is 79.1 Å². The van der Waals surface area contributed by atoms with Gasteiger partial charge in [-0.1, -0.05) is 48.5 Å². The lowest BCUT2D eigenvalue weighted by molar-refractivity contribution is 0.0726. The van der Waals surface area contributed by atoms with Crippen molar-refractivity contribution in [2.24, 2.45) is 0 Å². The van der Waals surface area contributed by atoms with Gasteiger partial charge >= 0.3 is 0 Å². The maximum Gasteiger partial charge on any atom is 0.253 e. The predicted molar refractivity (Wildman–Crippen MR) is 122 cm³/mol. The van der Waals surface area contributed by atoms with Crippen LogP contribution in [-0.2, 0) is 0 Å². The molecule has 0 spiro atoms. The molecule has 1 atom stereocenters. The Bertz CT molecular complexity index is 1210. The van der Waals surface area contributed by atoms with E-state index in [1.807, 2.05) is 77.8 Å². The second-order valence-electron chi connectivity index (χ2n) is 7.82. The van der Waals surface area contributed by atoms with Crippen molar-refractivity contribution in [2.75, 3.05) is 24.5 Å². The van der Waals surface area contributed by atoms with Gasteiger partial charge < -0.3 is 9.80 Å². The smallest absolute Gasteiger partial charge is 0.253 e. The van der Waals surface area contributed by atoms with E-state index >= 15 is 0 Å². The fourth-order valence-corrected chi connectivity index (χ4v) is 4.23. The van der Waals surface area contributed by atoms with Crippen molar-refractivity contribution < 1.29 is 4.79 Å². The zero-order valence-electron chi connectivity index (χ0n) is 17.3. The Morgan fingerprint density at radius 2 is 1.65 bits per heavy atom. The highest BCUT2D eigenvalue weighted by molar-refractivity contribution is 6.00. The Kier molecular flexibility index (Phi) is 5.04. The summed E-state index contributed by atoms with van der Waals surface area (Å²) in [5.74, 6) is 0.895. The van der Waals surface area contributed by atoms with Crippen LogP contribution in [0, 0.1) is 0 Å². The van der Waals surface area contributed by atoms with Crippen LogP contribution in [0.25, 0.3) is 22.0 Å². The molecule has 0 saturated carbocycles. The minimum absolute atomic E-state index is 0.0733. The quantitative estimate of drug-likeness (QED) is 0.511. The monoisotopic (exact) mass is 409 g/mol.